The molecule has 0 aromatic carbocycles. The van der Waals surface area contributed by atoms with Crippen LogP contribution in [0.1, 0.15) is 13.8 Å². The van der Waals surface area contributed by atoms with Crippen LogP contribution in [0.3, 0.4) is 0 Å². The monoisotopic (exact) mass is 178 g/mol. The van der Waals surface area contributed by atoms with Gasteiger partial charge in [-0.05, 0) is 0 Å². The summed E-state index contributed by atoms with van der Waals surface area (Å²) in [5.74, 6) is 0. The van der Waals surface area contributed by atoms with E-state index in [9.17, 15) is 9.46 Å². The Morgan fingerprint density at radius 2 is 1.40 bits per heavy atom. The molecule has 0 rings (SSSR count). The molecule has 0 aromatic rings. The summed E-state index contributed by atoms with van der Waals surface area (Å²) in [7, 11) is -1.83. The van der Waals surface area contributed by atoms with E-state index >= 15 is 0 Å². The predicted octanol–water partition coefficient (Wildman–Crippen LogP) is -2.22. The average molecular weight is 178 g/mol. The molecule has 6 heteroatoms. The maximum absolute atomic E-state index is 9.95. The van der Waals surface area contributed by atoms with E-state index in [1.54, 1.807) is 0 Å². The Labute approximate surface area is 83.8 Å². The van der Waals surface area contributed by atoms with E-state index in [1.807, 2.05) is 13.8 Å². The van der Waals surface area contributed by atoms with Gasteiger partial charge in [0.15, 0.2) is 0 Å². The van der Waals surface area contributed by atoms with Gasteiger partial charge in [0.05, 0.1) is 0 Å². The molecule has 0 bridgehead atoms. The Kier molecular flexibility index (Phi) is 17.5. The Morgan fingerprint density at radius 1 is 1.20 bits per heavy atom. The van der Waals surface area contributed by atoms with Gasteiger partial charge in [-0.25, -0.2) is 0 Å². The molecule has 10 heavy (non-hydrogen) atoms. The normalized spacial score (nSPS) is 8.90. The summed E-state index contributed by atoms with van der Waals surface area (Å²) in [5, 5.41) is 0. The van der Waals surface area contributed by atoms with E-state index in [0.29, 0.717) is 0 Å². The SMILES string of the molecule is CC.COP(=O)([O-])OC.[Na+]. The number of phosphoric ester groups is 1. The minimum Gasteiger partial charge on any atom is -0.756 e. The maximum Gasteiger partial charge on any atom is 1.00 e. The first-order valence-electron chi connectivity index (χ1n) is 2.55. The Hall–Kier alpha value is 1.11. The minimum absolute atomic E-state index is 0. The third-order valence-electron chi connectivity index (χ3n) is 0.447. The van der Waals surface area contributed by atoms with Crippen molar-refractivity contribution in [2.24, 2.45) is 0 Å². The van der Waals surface area contributed by atoms with Gasteiger partial charge >= 0.3 is 29.6 Å². The van der Waals surface area contributed by atoms with Crippen molar-refractivity contribution in [2.45, 2.75) is 13.8 Å². The molecule has 0 fully saturated rings. The fraction of sp³-hybridized carbons (Fsp3) is 1.00. The average Bonchev–Trinajstić information content (AvgIpc) is 1.93. The van der Waals surface area contributed by atoms with Crippen LogP contribution in [0.25, 0.3) is 0 Å². The molecule has 0 aliphatic carbocycles. The summed E-state index contributed by atoms with van der Waals surface area (Å²) in [6.45, 7) is 4.00. The molecule has 4 nitrogen and oxygen atoms in total. The van der Waals surface area contributed by atoms with Gasteiger partial charge in [-0.3, -0.25) is 4.57 Å². The van der Waals surface area contributed by atoms with Gasteiger partial charge in [-0.1, -0.05) is 13.8 Å². The first-order valence-corrected chi connectivity index (χ1v) is 4.01. The zero-order chi connectivity index (χ0) is 7.91. The van der Waals surface area contributed by atoms with Crippen molar-refractivity contribution in [1.29, 1.82) is 0 Å². The summed E-state index contributed by atoms with van der Waals surface area (Å²) in [5.41, 5.74) is 0. The van der Waals surface area contributed by atoms with E-state index in [4.69, 9.17) is 0 Å². The zero-order valence-corrected chi connectivity index (χ0v) is 9.97. The minimum atomic E-state index is -3.90. The van der Waals surface area contributed by atoms with Crippen LogP contribution >= 0.6 is 7.82 Å². The van der Waals surface area contributed by atoms with Crippen LogP contribution in [0.5, 0.6) is 0 Å². The van der Waals surface area contributed by atoms with Crippen LogP contribution in [0.2, 0.25) is 0 Å². The number of hydrogen-bond acceptors (Lipinski definition) is 4. The van der Waals surface area contributed by atoms with Crippen LogP contribution < -0.4 is 34.5 Å². The van der Waals surface area contributed by atoms with Crippen LogP contribution in [-0.2, 0) is 13.6 Å². The van der Waals surface area contributed by atoms with Crippen molar-refractivity contribution in [3.05, 3.63) is 0 Å². The second-order valence-corrected chi connectivity index (χ2v) is 2.44. The van der Waals surface area contributed by atoms with Crippen molar-refractivity contribution < 1.29 is 48.1 Å². The molecule has 0 spiro atoms. The van der Waals surface area contributed by atoms with Gasteiger partial charge in [0.25, 0.3) is 7.82 Å². The van der Waals surface area contributed by atoms with Crippen molar-refractivity contribution in [1.82, 2.24) is 0 Å². The Morgan fingerprint density at radius 3 is 1.40 bits per heavy atom. The summed E-state index contributed by atoms with van der Waals surface area (Å²) in [6, 6.07) is 0. The molecule has 0 amide bonds. The molecule has 0 saturated carbocycles. The second kappa shape index (κ2) is 10.1. The molecule has 0 aromatic heterocycles. The zero-order valence-electron chi connectivity index (χ0n) is 7.08. The van der Waals surface area contributed by atoms with Crippen LogP contribution in [0.4, 0.5) is 0 Å². The maximum atomic E-state index is 9.95. The van der Waals surface area contributed by atoms with Gasteiger partial charge in [-0.2, -0.15) is 0 Å². The first kappa shape index (κ1) is 17.3. The van der Waals surface area contributed by atoms with Gasteiger partial charge in [-0.15, -0.1) is 0 Å². The number of phosphoric acid groups is 1. The molecular formula is C4H12NaO4P. The summed E-state index contributed by atoms with van der Waals surface area (Å²) < 4.78 is 17.7. The quantitative estimate of drug-likeness (QED) is 0.355. The molecule has 0 atom stereocenters. The molecule has 58 valence electrons. The second-order valence-electron chi connectivity index (χ2n) is 0.812. The fourth-order valence-electron chi connectivity index (χ4n) is 0.0745. The van der Waals surface area contributed by atoms with Crippen LogP contribution in [0.15, 0.2) is 0 Å². The molecule has 0 unspecified atom stereocenters. The van der Waals surface area contributed by atoms with E-state index in [2.05, 4.69) is 9.05 Å². The molecule has 0 radical (unpaired) electrons. The van der Waals surface area contributed by atoms with Gasteiger partial charge in [0, 0.05) is 14.2 Å². The molecule has 0 N–H and O–H groups in total. The molecular weight excluding hydrogens is 166 g/mol. The summed E-state index contributed by atoms with van der Waals surface area (Å²) >= 11 is 0. The van der Waals surface area contributed by atoms with Crippen molar-refractivity contribution in [2.75, 3.05) is 14.2 Å². The predicted molar refractivity (Wildman–Crippen MR) is 33.0 cm³/mol. The smallest absolute Gasteiger partial charge is 0.756 e. The standard InChI is InChI=1S/C2H7O4P.C2H6.Na/c1-5-7(3,4)6-2;1-2;/h1-2H3,(H,3,4);1-2H3;/q;;+1/p-1. The van der Waals surface area contributed by atoms with Crippen LogP contribution in [-0.4, -0.2) is 14.2 Å². The molecule has 0 heterocycles. The first-order chi connectivity index (χ1) is 4.12. The van der Waals surface area contributed by atoms with Gasteiger partial charge in [0.1, 0.15) is 0 Å². The van der Waals surface area contributed by atoms with E-state index in [0.717, 1.165) is 14.2 Å². The number of hydrogen-bond donors (Lipinski definition) is 0. The van der Waals surface area contributed by atoms with Crippen molar-refractivity contribution in [3.63, 3.8) is 0 Å². The summed E-state index contributed by atoms with van der Waals surface area (Å²) in [4.78, 5) is 9.95. The topological polar surface area (TPSA) is 58.6 Å². The fourth-order valence-corrected chi connectivity index (χ4v) is 0.224. The van der Waals surface area contributed by atoms with Gasteiger partial charge < -0.3 is 13.9 Å². The Bertz CT molecular complexity index is 89.3. The van der Waals surface area contributed by atoms with E-state index in [-0.39, 0.29) is 29.6 Å². The molecule has 0 aliphatic heterocycles. The van der Waals surface area contributed by atoms with Crippen molar-refractivity contribution >= 4 is 7.82 Å². The number of rotatable bonds is 2. The Balaban J connectivity index is -0.000000149. The molecule has 0 saturated heterocycles. The largest absolute Gasteiger partial charge is 1.00 e. The van der Waals surface area contributed by atoms with E-state index in [1.165, 1.54) is 0 Å². The third-order valence-corrected chi connectivity index (χ3v) is 1.34. The van der Waals surface area contributed by atoms with Gasteiger partial charge in [0.2, 0.25) is 0 Å². The third kappa shape index (κ3) is 11.9. The van der Waals surface area contributed by atoms with E-state index < -0.39 is 7.82 Å². The van der Waals surface area contributed by atoms with Crippen molar-refractivity contribution in [3.8, 4) is 0 Å². The summed E-state index contributed by atoms with van der Waals surface area (Å²) in [6.07, 6.45) is 0. The molecule has 0 aliphatic rings. The van der Waals surface area contributed by atoms with Crippen LogP contribution in [0, 0.1) is 0 Å².